The van der Waals surface area contributed by atoms with E-state index in [1.54, 1.807) is 20.8 Å². The number of thioether (sulfide) groups is 1. The molecule has 0 aliphatic heterocycles. The molecule has 0 fully saturated rings. The van der Waals surface area contributed by atoms with Gasteiger partial charge in [0.2, 0.25) is 0 Å². The van der Waals surface area contributed by atoms with E-state index in [9.17, 15) is 61.9 Å². The lowest BCUT2D eigenvalue weighted by molar-refractivity contribution is -0.435. The number of carbonyl (C=O) groups is 1. The molecule has 0 aromatic heterocycles. The second kappa shape index (κ2) is 11.7. The fourth-order valence-electron chi connectivity index (χ4n) is 2.44. The number of rotatable bonds is 15. The summed E-state index contributed by atoms with van der Waals surface area (Å²) in [5.74, 6) is -39.1. The third kappa shape index (κ3) is 6.56. The first-order valence-electron chi connectivity index (χ1n) is 9.61. The largest absolute Gasteiger partial charge is 0.500 e. The van der Waals surface area contributed by atoms with Crippen LogP contribution in [0.3, 0.4) is 0 Å². The highest BCUT2D eigenvalue weighted by molar-refractivity contribution is 8.13. The zero-order chi connectivity index (χ0) is 28.1. The van der Waals surface area contributed by atoms with Crippen LogP contribution in [0.25, 0.3) is 0 Å². The highest BCUT2D eigenvalue weighted by Crippen LogP contribution is 2.60. The van der Waals surface area contributed by atoms with Crippen LogP contribution in [0.2, 0.25) is 6.04 Å². The number of halogens is 13. The zero-order valence-corrected chi connectivity index (χ0v) is 20.0. The molecule has 0 saturated carbocycles. The molecular formula is C16H21F13O4SSi. The van der Waals surface area contributed by atoms with Crippen molar-refractivity contribution in [2.45, 2.75) is 69.0 Å². The van der Waals surface area contributed by atoms with Gasteiger partial charge < -0.3 is 13.3 Å². The van der Waals surface area contributed by atoms with Crippen LogP contribution in [0, 0.1) is 0 Å². The Kier molecular flexibility index (Phi) is 11.5. The SMILES string of the molecule is CCO[Si](CCCSC(=O)C(F)(F)C(F)(F)C(F)(F)C(F)(F)C(F)(F)C(F)(F)F)(OCC)OCC. The molecule has 0 aromatic rings. The first-order chi connectivity index (χ1) is 15.6. The molecule has 35 heavy (non-hydrogen) atoms. The summed E-state index contributed by atoms with van der Waals surface area (Å²) in [6.45, 7) is 4.81. The minimum Gasteiger partial charge on any atom is -0.374 e. The molecule has 0 rings (SSSR count). The molecule has 0 aliphatic carbocycles. The van der Waals surface area contributed by atoms with Gasteiger partial charge in [0.15, 0.2) is 0 Å². The van der Waals surface area contributed by atoms with Crippen molar-refractivity contribution in [1.29, 1.82) is 0 Å². The first kappa shape index (κ1) is 34.2. The molecule has 0 atom stereocenters. The van der Waals surface area contributed by atoms with Gasteiger partial charge in [0, 0.05) is 31.6 Å². The van der Waals surface area contributed by atoms with Gasteiger partial charge in [-0.3, -0.25) is 4.79 Å². The number of hydrogen-bond donors (Lipinski definition) is 0. The molecule has 210 valence electrons. The van der Waals surface area contributed by atoms with Gasteiger partial charge in [-0.25, -0.2) is 0 Å². The number of alkyl halides is 13. The predicted octanol–water partition coefficient (Wildman–Crippen LogP) is 6.42. The second-order valence-corrected chi connectivity index (χ2v) is 10.4. The number of hydrogen-bond acceptors (Lipinski definition) is 5. The fraction of sp³-hybridized carbons (Fsp3) is 0.938. The second-order valence-electron chi connectivity index (χ2n) is 6.59. The third-order valence-corrected chi connectivity index (χ3v) is 8.31. The molecule has 0 aromatic carbocycles. The Bertz CT molecular complexity index is 686. The van der Waals surface area contributed by atoms with E-state index in [0.717, 1.165) is 0 Å². The van der Waals surface area contributed by atoms with Crippen molar-refractivity contribution >= 4 is 25.7 Å². The van der Waals surface area contributed by atoms with Crippen LogP contribution < -0.4 is 0 Å². The van der Waals surface area contributed by atoms with Crippen LogP contribution in [-0.4, -0.2) is 75.3 Å². The predicted molar refractivity (Wildman–Crippen MR) is 98.3 cm³/mol. The summed E-state index contributed by atoms with van der Waals surface area (Å²) in [6.07, 6.45) is -7.86. The molecule has 0 saturated heterocycles. The standard InChI is InChI=1S/C16H21F13O4SSi/c1-4-31-35(32-5-2,33-6-3)9-7-8-34-10(30)11(17,18)12(19,20)13(21,22)14(23,24)15(25,26)16(27,28)29/h4-9H2,1-3H3. The molecule has 0 bridgehead atoms. The summed E-state index contributed by atoms with van der Waals surface area (Å²) >= 11 is -0.756. The van der Waals surface area contributed by atoms with Crippen LogP contribution >= 0.6 is 11.8 Å². The van der Waals surface area contributed by atoms with Gasteiger partial charge in [-0.2, -0.15) is 57.1 Å². The maximum atomic E-state index is 13.8. The van der Waals surface area contributed by atoms with Crippen LogP contribution in [0.4, 0.5) is 57.1 Å². The average molecular weight is 584 g/mol. The Labute approximate surface area is 196 Å². The lowest BCUT2D eigenvalue weighted by atomic mass is 9.94. The van der Waals surface area contributed by atoms with E-state index in [1.165, 1.54) is 0 Å². The topological polar surface area (TPSA) is 44.8 Å². The quantitative estimate of drug-likeness (QED) is 0.126. The maximum absolute atomic E-state index is 13.8. The molecule has 19 heteroatoms. The monoisotopic (exact) mass is 584 g/mol. The smallest absolute Gasteiger partial charge is 0.374 e. The van der Waals surface area contributed by atoms with Gasteiger partial charge in [0.25, 0.3) is 5.12 Å². The van der Waals surface area contributed by atoms with E-state index in [4.69, 9.17) is 13.3 Å². The van der Waals surface area contributed by atoms with Crippen LogP contribution in [0.1, 0.15) is 27.2 Å². The van der Waals surface area contributed by atoms with Crippen molar-refractivity contribution in [3.8, 4) is 0 Å². The van der Waals surface area contributed by atoms with Crippen LogP contribution in [0.5, 0.6) is 0 Å². The van der Waals surface area contributed by atoms with Crippen LogP contribution in [-0.2, 0) is 18.1 Å². The minimum atomic E-state index is -8.05. The van der Waals surface area contributed by atoms with E-state index in [2.05, 4.69) is 0 Å². The molecule has 0 N–H and O–H groups in total. The Balaban J connectivity index is 5.68. The molecular weight excluding hydrogens is 563 g/mol. The number of carbonyl (C=O) groups excluding carboxylic acids is 1. The fourth-order valence-corrected chi connectivity index (χ4v) is 6.10. The molecule has 0 heterocycles. The van der Waals surface area contributed by atoms with Gasteiger partial charge in [-0.05, 0) is 27.2 Å². The lowest BCUT2D eigenvalue weighted by Gasteiger charge is -2.39. The Morgan fingerprint density at radius 1 is 0.657 bits per heavy atom. The molecule has 0 radical (unpaired) electrons. The van der Waals surface area contributed by atoms with E-state index >= 15 is 0 Å². The van der Waals surface area contributed by atoms with Crippen molar-refractivity contribution in [1.82, 2.24) is 0 Å². The van der Waals surface area contributed by atoms with Crippen molar-refractivity contribution in [3.63, 3.8) is 0 Å². The first-order valence-corrected chi connectivity index (χ1v) is 12.5. The van der Waals surface area contributed by atoms with Gasteiger partial charge in [-0.15, -0.1) is 0 Å². The van der Waals surface area contributed by atoms with E-state index in [-0.39, 0.29) is 32.3 Å². The highest BCUT2D eigenvalue weighted by atomic mass is 32.2. The summed E-state index contributed by atoms with van der Waals surface area (Å²) in [4.78, 5) is 11.5. The third-order valence-electron chi connectivity index (χ3n) is 4.14. The van der Waals surface area contributed by atoms with E-state index in [0.29, 0.717) is 0 Å². The van der Waals surface area contributed by atoms with Crippen molar-refractivity contribution in [2.75, 3.05) is 25.6 Å². The average Bonchev–Trinajstić information content (AvgIpc) is 2.70. The van der Waals surface area contributed by atoms with Gasteiger partial charge in [-0.1, -0.05) is 11.8 Å². The summed E-state index contributed by atoms with van der Waals surface area (Å²) in [7, 11) is -3.41. The Morgan fingerprint density at radius 2 is 1.03 bits per heavy atom. The van der Waals surface area contributed by atoms with Gasteiger partial charge >= 0.3 is 44.6 Å². The summed E-state index contributed by atoms with van der Waals surface area (Å²) in [6, 6.07) is -0.184. The molecule has 4 nitrogen and oxygen atoms in total. The maximum Gasteiger partial charge on any atom is 0.500 e. The van der Waals surface area contributed by atoms with Crippen LogP contribution in [0.15, 0.2) is 0 Å². The summed E-state index contributed by atoms with van der Waals surface area (Å²) < 4.78 is 186. The lowest BCUT2D eigenvalue weighted by Crippen LogP contribution is -2.71. The highest BCUT2D eigenvalue weighted by Gasteiger charge is 2.91. The molecule has 0 aliphatic rings. The van der Waals surface area contributed by atoms with Crippen molar-refractivity contribution in [3.05, 3.63) is 0 Å². The van der Waals surface area contributed by atoms with Gasteiger partial charge in [0.05, 0.1) is 0 Å². The van der Waals surface area contributed by atoms with Crippen molar-refractivity contribution < 1.29 is 75.1 Å². The zero-order valence-electron chi connectivity index (χ0n) is 18.2. The molecule has 0 spiro atoms. The van der Waals surface area contributed by atoms with E-state index in [1.807, 2.05) is 0 Å². The van der Waals surface area contributed by atoms with E-state index < -0.39 is 67.2 Å². The Morgan fingerprint density at radius 3 is 1.37 bits per heavy atom. The molecule has 0 unspecified atom stereocenters. The normalized spacial score (nSPS) is 15.0. The van der Waals surface area contributed by atoms with Gasteiger partial charge in [0.1, 0.15) is 0 Å². The Hall–Kier alpha value is -0.793. The minimum absolute atomic E-state index is 0.0639. The molecule has 0 amide bonds. The summed E-state index contributed by atoms with van der Waals surface area (Å²) in [5, 5.41) is -3.16. The van der Waals surface area contributed by atoms with Crippen molar-refractivity contribution in [2.24, 2.45) is 0 Å². The summed E-state index contributed by atoms with van der Waals surface area (Å²) in [5.41, 5.74) is 0.